The zero-order valence-electron chi connectivity index (χ0n) is 15.3. The number of unbranched alkanes of at least 4 members (excludes halogenated alkanes) is 4. The Morgan fingerprint density at radius 3 is 2.65 bits per heavy atom. The number of carbonyl (C=O) groups is 3. The van der Waals surface area contributed by atoms with Gasteiger partial charge in [0.1, 0.15) is 12.1 Å². The highest BCUT2D eigenvalue weighted by atomic mass is 35.5. The Kier molecular flexibility index (Phi) is 7.03. The van der Waals surface area contributed by atoms with E-state index < -0.39 is 17.5 Å². The molecule has 6 nitrogen and oxygen atoms in total. The van der Waals surface area contributed by atoms with Crippen molar-refractivity contribution in [1.29, 1.82) is 0 Å². The lowest BCUT2D eigenvalue weighted by molar-refractivity contribution is -0.133. The Morgan fingerprint density at radius 1 is 1.23 bits per heavy atom. The number of nitrogens with one attached hydrogen (secondary N) is 2. The van der Waals surface area contributed by atoms with E-state index in [-0.39, 0.29) is 12.5 Å². The van der Waals surface area contributed by atoms with Crippen molar-refractivity contribution in [3.8, 4) is 0 Å². The molecule has 1 aliphatic rings. The van der Waals surface area contributed by atoms with E-state index in [1.54, 1.807) is 31.2 Å². The topological polar surface area (TPSA) is 78.5 Å². The smallest absolute Gasteiger partial charge is 0.324 e. The Balaban J connectivity index is 1.90. The van der Waals surface area contributed by atoms with Crippen LogP contribution in [0.25, 0.3) is 0 Å². The number of benzene rings is 1. The normalized spacial score (nSPS) is 19.6. The van der Waals surface area contributed by atoms with Crippen LogP contribution in [0, 0.1) is 0 Å². The van der Waals surface area contributed by atoms with Crippen molar-refractivity contribution in [1.82, 2.24) is 10.2 Å². The lowest BCUT2D eigenvalue weighted by Gasteiger charge is -2.21. The second-order valence-corrected chi connectivity index (χ2v) is 7.31. The van der Waals surface area contributed by atoms with Gasteiger partial charge in [-0.3, -0.25) is 14.5 Å². The van der Waals surface area contributed by atoms with E-state index in [1.807, 2.05) is 0 Å². The lowest BCUT2D eigenvalue weighted by atomic mass is 9.94. The van der Waals surface area contributed by atoms with Crippen LogP contribution in [0.5, 0.6) is 0 Å². The monoisotopic (exact) mass is 379 g/mol. The van der Waals surface area contributed by atoms with Gasteiger partial charge >= 0.3 is 6.03 Å². The Labute approximate surface area is 159 Å². The summed E-state index contributed by atoms with van der Waals surface area (Å²) in [4.78, 5) is 38.0. The van der Waals surface area contributed by atoms with Crippen LogP contribution in [0.2, 0.25) is 5.02 Å². The molecule has 1 atom stereocenters. The summed E-state index contributed by atoms with van der Waals surface area (Å²) < 4.78 is 0. The number of hydrogen-bond acceptors (Lipinski definition) is 3. The minimum absolute atomic E-state index is 0.317. The lowest BCUT2D eigenvalue weighted by Crippen LogP contribution is -2.44. The van der Waals surface area contributed by atoms with E-state index in [0.29, 0.717) is 17.1 Å². The highest BCUT2D eigenvalue weighted by molar-refractivity contribution is 6.30. The van der Waals surface area contributed by atoms with Crippen molar-refractivity contribution >= 4 is 35.1 Å². The molecular weight excluding hydrogens is 354 g/mol. The van der Waals surface area contributed by atoms with Crippen molar-refractivity contribution in [3.05, 3.63) is 29.3 Å². The van der Waals surface area contributed by atoms with Crippen molar-refractivity contribution in [2.75, 3.05) is 11.9 Å². The zero-order chi connectivity index (χ0) is 19.2. The van der Waals surface area contributed by atoms with Crippen LogP contribution in [0.3, 0.4) is 0 Å². The van der Waals surface area contributed by atoms with Crippen LogP contribution >= 0.6 is 11.6 Å². The summed E-state index contributed by atoms with van der Waals surface area (Å²) in [5.74, 6) is -0.790. The van der Waals surface area contributed by atoms with Gasteiger partial charge in [-0.15, -0.1) is 0 Å². The van der Waals surface area contributed by atoms with Gasteiger partial charge in [0.15, 0.2) is 0 Å². The highest BCUT2D eigenvalue weighted by Crippen LogP contribution is 2.24. The average molecular weight is 380 g/mol. The number of carbonyl (C=O) groups excluding carboxylic acids is 3. The third-order valence-electron chi connectivity index (χ3n) is 4.54. The number of nitrogens with zero attached hydrogens (tertiary/aromatic N) is 1. The van der Waals surface area contributed by atoms with Crippen LogP contribution in [0.1, 0.15) is 52.4 Å². The number of amides is 4. The summed E-state index contributed by atoms with van der Waals surface area (Å²) in [5.41, 5.74) is -0.409. The summed E-state index contributed by atoms with van der Waals surface area (Å²) in [6, 6.07) is 6.18. The highest BCUT2D eigenvalue weighted by Gasteiger charge is 2.47. The first-order chi connectivity index (χ1) is 12.4. The number of urea groups is 1. The molecule has 1 unspecified atom stereocenters. The van der Waals surface area contributed by atoms with Gasteiger partial charge in [-0.1, -0.05) is 56.7 Å². The van der Waals surface area contributed by atoms with E-state index in [1.165, 1.54) is 6.42 Å². The summed E-state index contributed by atoms with van der Waals surface area (Å²) in [6.07, 6.45) is 5.93. The molecule has 0 bridgehead atoms. The van der Waals surface area contributed by atoms with Gasteiger partial charge in [0, 0.05) is 10.7 Å². The number of hydrogen-bond donors (Lipinski definition) is 2. The first-order valence-corrected chi connectivity index (χ1v) is 9.43. The molecule has 1 fully saturated rings. The van der Waals surface area contributed by atoms with Gasteiger partial charge in [0.25, 0.3) is 5.91 Å². The Hall–Kier alpha value is -2.08. The molecule has 0 saturated carbocycles. The van der Waals surface area contributed by atoms with Gasteiger partial charge < -0.3 is 10.6 Å². The van der Waals surface area contributed by atoms with Crippen LogP contribution in [-0.4, -0.2) is 34.8 Å². The van der Waals surface area contributed by atoms with E-state index >= 15 is 0 Å². The maximum Gasteiger partial charge on any atom is 0.325 e. The molecule has 0 radical (unpaired) electrons. The quantitative estimate of drug-likeness (QED) is 0.503. The molecule has 1 aromatic carbocycles. The predicted octanol–water partition coefficient (Wildman–Crippen LogP) is 3.95. The number of rotatable bonds is 9. The fourth-order valence-electron chi connectivity index (χ4n) is 3.05. The minimum Gasteiger partial charge on any atom is -0.324 e. The first-order valence-electron chi connectivity index (χ1n) is 9.05. The van der Waals surface area contributed by atoms with Crippen LogP contribution in [0.4, 0.5) is 10.5 Å². The fraction of sp³-hybridized carbons (Fsp3) is 0.526. The number of imide groups is 1. The van der Waals surface area contributed by atoms with Gasteiger partial charge in [0.2, 0.25) is 5.91 Å². The summed E-state index contributed by atoms with van der Waals surface area (Å²) >= 11 is 5.88. The molecule has 2 N–H and O–H groups in total. The predicted molar refractivity (Wildman–Crippen MR) is 102 cm³/mol. The molecule has 0 spiro atoms. The minimum atomic E-state index is -0.931. The van der Waals surface area contributed by atoms with E-state index in [0.717, 1.165) is 30.6 Å². The molecule has 1 heterocycles. The molecule has 1 saturated heterocycles. The van der Waals surface area contributed by atoms with Crippen molar-refractivity contribution in [2.24, 2.45) is 0 Å². The zero-order valence-corrected chi connectivity index (χ0v) is 16.1. The Morgan fingerprint density at radius 2 is 1.96 bits per heavy atom. The average Bonchev–Trinajstić information content (AvgIpc) is 2.78. The molecule has 142 valence electrons. The van der Waals surface area contributed by atoms with Gasteiger partial charge in [-0.25, -0.2) is 4.79 Å². The maximum atomic E-state index is 12.6. The number of anilines is 1. The summed E-state index contributed by atoms with van der Waals surface area (Å²) in [5, 5.41) is 5.88. The molecule has 4 amide bonds. The largest absolute Gasteiger partial charge is 0.325 e. The summed E-state index contributed by atoms with van der Waals surface area (Å²) in [6.45, 7) is 3.55. The standard InChI is InChI=1S/C19H26ClN3O3/c1-3-4-5-6-7-11-19(2)17(25)23(18(26)22-19)13-16(24)21-15-10-8-9-14(20)12-15/h8-10,12H,3-7,11,13H2,1-2H3,(H,21,24)(H,22,26). The molecule has 1 aliphatic heterocycles. The van der Waals surface area contributed by atoms with Crippen LogP contribution < -0.4 is 10.6 Å². The second-order valence-electron chi connectivity index (χ2n) is 6.88. The summed E-state index contributed by atoms with van der Waals surface area (Å²) in [7, 11) is 0. The SMILES string of the molecule is CCCCCCCC1(C)NC(=O)N(CC(=O)Nc2cccc(Cl)c2)C1=O. The van der Waals surface area contributed by atoms with E-state index in [2.05, 4.69) is 17.6 Å². The maximum absolute atomic E-state index is 12.6. The van der Waals surface area contributed by atoms with Crippen molar-refractivity contribution < 1.29 is 14.4 Å². The number of halogens is 1. The van der Waals surface area contributed by atoms with Gasteiger partial charge in [-0.05, 0) is 31.5 Å². The van der Waals surface area contributed by atoms with Gasteiger partial charge in [0.05, 0.1) is 0 Å². The molecule has 26 heavy (non-hydrogen) atoms. The molecule has 0 aromatic heterocycles. The van der Waals surface area contributed by atoms with E-state index in [9.17, 15) is 14.4 Å². The molecule has 2 rings (SSSR count). The van der Waals surface area contributed by atoms with E-state index in [4.69, 9.17) is 11.6 Å². The molecule has 0 aliphatic carbocycles. The Bertz CT molecular complexity index is 680. The first kappa shape index (κ1) is 20.2. The molecule has 7 heteroatoms. The van der Waals surface area contributed by atoms with Crippen LogP contribution in [0.15, 0.2) is 24.3 Å². The molecule has 1 aromatic rings. The third-order valence-corrected chi connectivity index (χ3v) is 4.77. The molecular formula is C19H26ClN3O3. The second kappa shape index (κ2) is 9.03. The van der Waals surface area contributed by atoms with Crippen molar-refractivity contribution in [3.63, 3.8) is 0 Å². The van der Waals surface area contributed by atoms with Crippen molar-refractivity contribution in [2.45, 2.75) is 57.9 Å². The van der Waals surface area contributed by atoms with Crippen LogP contribution in [-0.2, 0) is 9.59 Å². The fourth-order valence-corrected chi connectivity index (χ4v) is 3.24. The van der Waals surface area contributed by atoms with Gasteiger partial charge in [-0.2, -0.15) is 0 Å². The third kappa shape index (κ3) is 5.21.